The molecule has 26 heavy (non-hydrogen) atoms. The highest BCUT2D eigenvalue weighted by molar-refractivity contribution is 5.99. The smallest absolute Gasteiger partial charge is 0.229 e. The number of ketones is 1. The Morgan fingerprint density at radius 1 is 1.15 bits per heavy atom. The molecule has 1 heterocycles. The SMILES string of the molecule is CC(C)c1ccc([C@@H]2CC(=O)c3cnc(NC(=O)C4CC4)nc3C2)cc1. The Labute approximate surface area is 153 Å². The molecule has 134 valence electrons. The number of anilines is 1. The van der Waals surface area contributed by atoms with E-state index in [2.05, 4.69) is 53.4 Å². The Kier molecular flexibility index (Phi) is 4.31. The molecule has 1 atom stereocenters. The van der Waals surface area contributed by atoms with Crippen LogP contribution in [0.15, 0.2) is 30.5 Å². The zero-order valence-electron chi connectivity index (χ0n) is 15.2. The normalized spacial score (nSPS) is 19.3. The topological polar surface area (TPSA) is 72.0 Å². The van der Waals surface area contributed by atoms with Gasteiger partial charge < -0.3 is 0 Å². The summed E-state index contributed by atoms with van der Waals surface area (Å²) in [7, 11) is 0. The van der Waals surface area contributed by atoms with E-state index >= 15 is 0 Å². The van der Waals surface area contributed by atoms with Crippen LogP contribution in [-0.2, 0) is 11.2 Å². The standard InChI is InChI=1S/C21H23N3O2/c1-12(2)13-3-5-14(6-4-13)16-9-18-17(19(25)10-16)11-22-21(23-18)24-20(26)15-7-8-15/h3-6,11-12,15-16H,7-10H2,1-2H3,(H,22,23,24,26)/t16-/m0/s1. The van der Waals surface area contributed by atoms with Gasteiger partial charge in [0.05, 0.1) is 11.3 Å². The van der Waals surface area contributed by atoms with Crippen LogP contribution < -0.4 is 5.32 Å². The second-order valence-corrected chi connectivity index (χ2v) is 7.67. The fourth-order valence-electron chi connectivity index (χ4n) is 3.45. The number of Topliss-reactive ketones (excluding diaryl/α,β-unsaturated/α-hetero) is 1. The van der Waals surface area contributed by atoms with Crippen molar-refractivity contribution >= 4 is 17.6 Å². The van der Waals surface area contributed by atoms with Crippen molar-refractivity contribution < 1.29 is 9.59 Å². The lowest BCUT2D eigenvalue weighted by Crippen LogP contribution is -2.22. The number of carbonyl (C=O) groups excluding carboxylic acids is 2. The van der Waals surface area contributed by atoms with Gasteiger partial charge in [-0.2, -0.15) is 0 Å². The molecular weight excluding hydrogens is 326 g/mol. The quantitative estimate of drug-likeness (QED) is 0.910. The van der Waals surface area contributed by atoms with Gasteiger partial charge in [-0.15, -0.1) is 0 Å². The van der Waals surface area contributed by atoms with Gasteiger partial charge in [-0.3, -0.25) is 14.9 Å². The molecule has 2 aliphatic rings. The van der Waals surface area contributed by atoms with E-state index in [4.69, 9.17) is 0 Å². The van der Waals surface area contributed by atoms with Gasteiger partial charge in [-0.05, 0) is 42.2 Å². The highest BCUT2D eigenvalue weighted by Crippen LogP contribution is 2.33. The van der Waals surface area contributed by atoms with Crippen LogP contribution in [0, 0.1) is 5.92 Å². The van der Waals surface area contributed by atoms with Crippen LogP contribution in [0.25, 0.3) is 0 Å². The number of carbonyl (C=O) groups is 2. The van der Waals surface area contributed by atoms with Crippen LogP contribution in [-0.4, -0.2) is 21.7 Å². The third-order valence-corrected chi connectivity index (χ3v) is 5.30. The number of nitrogens with zero attached hydrogens (tertiary/aromatic N) is 2. The summed E-state index contributed by atoms with van der Waals surface area (Å²) < 4.78 is 0. The molecular formula is C21H23N3O2. The van der Waals surface area contributed by atoms with Crippen LogP contribution in [0.2, 0.25) is 0 Å². The molecule has 2 aromatic rings. The zero-order valence-corrected chi connectivity index (χ0v) is 15.2. The highest BCUT2D eigenvalue weighted by atomic mass is 16.2. The average Bonchev–Trinajstić information content (AvgIpc) is 3.46. The van der Waals surface area contributed by atoms with Gasteiger partial charge in [-0.1, -0.05) is 38.1 Å². The fourth-order valence-corrected chi connectivity index (χ4v) is 3.45. The molecule has 1 aromatic heterocycles. The van der Waals surface area contributed by atoms with Gasteiger partial charge in [0.15, 0.2) is 5.78 Å². The summed E-state index contributed by atoms with van der Waals surface area (Å²) in [6.07, 6.45) is 4.60. The molecule has 0 saturated heterocycles. The van der Waals surface area contributed by atoms with Gasteiger partial charge >= 0.3 is 0 Å². The number of fused-ring (bicyclic) bond motifs is 1. The minimum atomic E-state index is -0.0205. The molecule has 1 aromatic carbocycles. The van der Waals surface area contributed by atoms with Crippen LogP contribution in [0.1, 0.15) is 72.1 Å². The minimum Gasteiger partial charge on any atom is -0.294 e. The molecule has 1 amide bonds. The number of nitrogens with one attached hydrogen (secondary N) is 1. The van der Waals surface area contributed by atoms with Crippen LogP contribution in [0.3, 0.4) is 0 Å². The maximum absolute atomic E-state index is 12.5. The maximum atomic E-state index is 12.5. The summed E-state index contributed by atoms with van der Waals surface area (Å²) in [5, 5.41) is 2.77. The van der Waals surface area contributed by atoms with Crippen LogP contribution in [0.4, 0.5) is 5.95 Å². The molecule has 0 aliphatic heterocycles. The van der Waals surface area contributed by atoms with Gasteiger partial charge in [-0.25, -0.2) is 9.97 Å². The molecule has 2 aliphatic carbocycles. The van der Waals surface area contributed by atoms with Crippen molar-refractivity contribution in [2.24, 2.45) is 5.92 Å². The van der Waals surface area contributed by atoms with Gasteiger partial charge in [0.25, 0.3) is 0 Å². The molecule has 0 spiro atoms. The summed E-state index contributed by atoms with van der Waals surface area (Å²) in [5.41, 5.74) is 3.78. The lowest BCUT2D eigenvalue weighted by atomic mass is 9.81. The summed E-state index contributed by atoms with van der Waals surface area (Å²) >= 11 is 0. The van der Waals surface area contributed by atoms with Gasteiger partial charge in [0.1, 0.15) is 0 Å². The molecule has 5 nitrogen and oxygen atoms in total. The number of benzene rings is 1. The summed E-state index contributed by atoms with van der Waals surface area (Å²) in [6, 6.07) is 8.52. The first-order chi connectivity index (χ1) is 12.5. The first-order valence-electron chi connectivity index (χ1n) is 9.31. The first-order valence-corrected chi connectivity index (χ1v) is 9.31. The molecule has 5 heteroatoms. The Bertz CT molecular complexity index is 854. The van der Waals surface area contributed by atoms with Crippen LogP contribution in [0.5, 0.6) is 0 Å². The molecule has 1 fully saturated rings. The number of aromatic nitrogens is 2. The Hall–Kier alpha value is -2.56. The Balaban J connectivity index is 1.55. The molecule has 0 bridgehead atoms. The van der Waals surface area contributed by atoms with E-state index in [1.165, 1.54) is 5.56 Å². The van der Waals surface area contributed by atoms with E-state index in [1.54, 1.807) is 6.20 Å². The monoisotopic (exact) mass is 349 g/mol. The average molecular weight is 349 g/mol. The van der Waals surface area contributed by atoms with E-state index in [0.29, 0.717) is 30.3 Å². The summed E-state index contributed by atoms with van der Waals surface area (Å²) in [4.78, 5) is 33.1. The van der Waals surface area contributed by atoms with E-state index in [1.807, 2.05) is 0 Å². The summed E-state index contributed by atoms with van der Waals surface area (Å²) in [5.74, 6) is 1.08. The molecule has 0 radical (unpaired) electrons. The second-order valence-electron chi connectivity index (χ2n) is 7.67. The predicted molar refractivity (Wildman–Crippen MR) is 99.3 cm³/mol. The van der Waals surface area contributed by atoms with Crippen molar-refractivity contribution in [3.63, 3.8) is 0 Å². The third-order valence-electron chi connectivity index (χ3n) is 5.30. The van der Waals surface area contributed by atoms with E-state index in [-0.39, 0.29) is 23.5 Å². The van der Waals surface area contributed by atoms with Crippen LogP contribution >= 0.6 is 0 Å². The zero-order chi connectivity index (χ0) is 18.3. The maximum Gasteiger partial charge on any atom is 0.229 e. The molecule has 0 unspecified atom stereocenters. The van der Waals surface area contributed by atoms with Gasteiger partial charge in [0.2, 0.25) is 11.9 Å². The molecule has 1 N–H and O–H groups in total. The highest BCUT2D eigenvalue weighted by Gasteiger charge is 2.31. The Morgan fingerprint density at radius 2 is 1.88 bits per heavy atom. The van der Waals surface area contributed by atoms with Crippen molar-refractivity contribution in [3.8, 4) is 0 Å². The molecule has 4 rings (SSSR count). The van der Waals surface area contributed by atoms with Crippen molar-refractivity contribution in [1.29, 1.82) is 0 Å². The lowest BCUT2D eigenvalue weighted by Gasteiger charge is -2.23. The first kappa shape index (κ1) is 16.9. The lowest BCUT2D eigenvalue weighted by molar-refractivity contribution is -0.117. The fraction of sp³-hybridized carbons (Fsp3) is 0.429. The summed E-state index contributed by atoms with van der Waals surface area (Å²) in [6.45, 7) is 4.34. The van der Waals surface area contributed by atoms with Crippen molar-refractivity contribution in [3.05, 3.63) is 52.8 Å². The number of hydrogen-bond donors (Lipinski definition) is 1. The minimum absolute atomic E-state index is 0.0205. The van der Waals surface area contributed by atoms with E-state index < -0.39 is 0 Å². The Morgan fingerprint density at radius 3 is 2.54 bits per heavy atom. The van der Waals surface area contributed by atoms with Gasteiger partial charge in [0, 0.05) is 18.5 Å². The van der Waals surface area contributed by atoms with E-state index in [9.17, 15) is 9.59 Å². The number of amides is 1. The molecule has 1 saturated carbocycles. The third kappa shape index (κ3) is 3.39. The van der Waals surface area contributed by atoms with Crippen molar-refractivity contribution in [2.45, 2.75) is 51.4 Å². The van der Waals surface area contributed by atoms with Crippen molar-refractivity contribution in [2.75, 3.05) is 5.32 Å². The number of hydrogen-bond acceptors (Lipinski definition) is 4. The number of rotatable bonds is 4. The van der Waals surface area contributed by atoms with Crippen molar-refractivity contribution in [1.82, 2.24) is 9.97 Å². The largest absolute Gasteiger partial charge is 0.294 e. The van der Waals surface area contributed by atoms with E-state index in [0.717, 1.165) is 24.1 Å². The second kappa shape index (κ2) is 6.63. The predicted octanol–water partition coefficient (Wildman–Crippen LogP) is 3.86.